The highest BCUT2D eigenvalue weighted by Gasteiger charge is 2.46. The molecule has 0 bridgehead atoms. The molecule has 1 heterocycles. The minimum atomic E-state index is -4.40. The molecule has 0 aliphatic carbocycles. The van der Waals surface area contributed by atoms with Crippen molar-refractivity contribution in [3.05, 3.63) is 71.3 Å². The van der Waals surface area contributed by atoms with E-state index in [9.17, 15) is 18.0 Å². The fourth-order valence-corrected chi connectivity index (χ4v) is 2.20. The van der Waals surface area contributed by atoms with Crippen LogP contribution in [0.1, 0.15) is 27.6 Å². The van der Waals surface area contributed by atoms with Crippen LogP contribution in [0.15, 0.2) is 54.6 Å². The van der Waals surface area contributed by atoms with Crippen LogP contribution in [0.3, 0.4) is 0 Å². The van der Waals surface area contributed by atoms with E-state index in [1.54, 1.807) is 0 Å². The van der Waals surface area contributed by atoms with Crippen molar-refractivity contribution in [2.75, 3.05) is 0 Å². The number of carbonyl (C=O) groups excluding carboxylic acids is 1. The molecule has 3 rings (SSSR count). The van der Waals surface area contributed by atoms with E-state index in [1.165, 1.54) is 12.1 Å². The number of Topliss-reactive ketones (excluding diaryl/α,β-unsaturated/α-hetero) is 1. The molecule has 2 aromatic rings. The Bertz CT molecular complexity index is 647. The maximum atomic E-state index is 12.5. The molecular weight excluding hydrogens is 281 g/mol. The molecule has 1 aliphatic heterocycles. The smallest absolute Gasteiger partial charge is 0.356 e. The number of epoxide rings is 1. The molecule has 2 aromatic carbocycles. The SMILES string of the molecule is O=C(c1ccc(C(F)(F)F)cc1)C1OC1c1ccccc1. The second-order valence-electron chi connectivity index (χ2n) is 4.83. The minimum absolute atomic E-state index is 0.228. The number of rotatable bonds is 3. The van der Waals surface area contributed by atoms with Crippen molar-refractivity contribution in [3.8, 4) is 0 Å². The molecule has 0 amide bonds. The fraction of sp³-hybridized carbons (Fsp3) is 0.188. The van der Waals surface area contributed by atoms with E-state index < -0.39 is 17.8 Å². The highest BCUT2D eigenvalue weighted by molar-refractivity contribution is 6.01. The predicted molar refractivity (Wildman–Crippen MR) is 69.8 cm³/mol. The van der Waals surface area contributed by atoms with Gasteiger partial charge in [-0.15, -0.1) is 0 Å². The van der Waals surface area contributed by atoms with Crippen LogP contribution in [0.4, 0.5) is 13.2 Å². The van der Waals surface area contributed by atoms with Crippen LogP contribution in [0.25, 0.3) is 0 Å². The predicted octanol–water partition coefficient (Wildman–Crippen LogP) is 4.03. The minimum Gasteiger partial charge on any atom is -0.356 e. The van der Waals surface area contributed by atoms with Gasteiger partial charge in [-0.3, -0.25) is 4.79 Å². The number of halogens is 3. The summed E-state index contributed by atoms with van der Waals surface area (Å²) in [6.45, 7) is 0. The highest BCUT2D eigenvalue weighted by Crippen LogP contribution is 2.40. The van der Waals surface area contributed by atoms with E-state index in [1.807, 2.05) is 30.3 Å². The molecule has 0 spiro atoms. The van der Waals surface area contributed by atoms with Gasteiger partial charge < -0.3 is 4.74 Å². The summed E-state index contributed by atoms with van der Waals surface area (Å²) in [5.74, 6) is -0.294. The van der Waals surface area contributed by atoms with Crippen molar-refractivity contribution in [1.82, 2.24) is 0 Å². The van der Waals surface area contributed by atoms with Gasteiger partial charge in [-0.2, -0.15) is 13.2 Å². The molecule has 21 heavy (non-hydrogen) atoms. The summed E-state index contributed by atoms with van der Waals surface area (Å²) in [6.07, 6.45) is -5.31. The van der Waals surface area contributed by atoms with E-state index in [0.717, 1.165) is 17.7 Å². The van der Waals surface area contributed by atoms with Crippen molar-refractivity contribution in [3.63, 3.8) is 0 Å². The lowest BCUT2D eigenvalue weighted by atomic mass is 10.0. The van der Waals surface area contributed by atoms with Crippen LogP contribution in [0.2, 0.25) is 0 Å². The second kappa shape index (κ2) is 5.00. The molecule has 0 N–H and O–H groups in total. The van der Waals surface area contributed by atoms with Crippen LogP contribution < -0.4 is 0 Å². The Balaban J connectivity index is 1.73. The zero-order valence-electron chi connectivity index (χ0n) is 10.8. The summed E-state index contributed by atoms with van der Waals surface area (Å²) >= 11 is 0. The quantitative estimate of drug-likeness (QED) is 0.631. The maximum absolute atomic E-state index is 12.5. The van der Waals surface area contributed by atoms with Gasteiger partial charge in [0.05, 0.1) is 5.56 Å². The molecule has 1 saturated heterocycles. The molecule has 0 aromatic heterocycles. The molecule has 2 nitrogen and oxygen atoms in total. The largest absolute Gasteiger partial charge is 0.416 e. The summed E-state index contributed by atoms with van der Waals surface area (Å²) in [4.78, 5) is 12.1. The number of hydrogen-bond acceptors (Lipinski definition) is 2. The van der Waals surface area contributed by atoms with Gasteiger partial charge >= 0.3 is 6.18 Å². The zero-order valence-corrected chi connectivity index (χ0v) is 10.8. The first-order valence-corrected chi connectivity index (χ1v) is 6.39. The summed E-state index contributed by atoms with van der Waals surface area (Å²) < 4.78 is 42.7. The van der Waals surface area contributed by atoms with Crippen molar-refractivity contribution < 1.29 is 22.7 Å². The van der Waals surface area contributed by atoms with Gasteiger partial charge in [-0.25, -0.2) is 0 Å². The fourth-order valence-electron chi connectivity index (χ4n) is 2.20. The Morgan fingerprint density at radius 2 is 1.57 bits per heavy atom. The molecule has 108 valence electrons. The van der Waals surface area contributed by atoms with Crippen LogP contribution >= 0.6 is 0 Å². The second-order valence-corrected chi connectivity index (χ2v) is 4.83. The highest BCUT2D eigenvalue weighted by atomic mass is 19.4. The standard InChI is InChI=1S/C16H11F3O2/c17-16(18,19)12-8-6-10(7-9-12)13(20)15-14(21-15)11-4-2-1-3-5-11/h1-9,14-15H. The lowest BCUT2D eigenvalue weighted by Crippen LogP contribution is -2.10. The third kappa shape index (κ3) is 2.83. The van der Waals surface area contributed by atoms with E-state index in [0.29, 0.717) is 0 Å². The number of hydrogen-bond donors (Lipinski definition) is 0. The maximum Gasteiger partial charge on any atom is 0.416 e. The first-order valence-electron chi connectivity index (χ1n) is 6.39. The normalized spacial score (nSPS) is 21.1. The average molecular weight is 292 g/mol. The number of ether oxygens (including phenoxy) is 1. The molecular formula is C16H11F3O2. The lowest BCUT2D eigenvalue weighted by Gasteiger charge is -2.06. The summed E-state index contributed by atoms with van der Waals surface area (Å²) in [7, 11) is 0. The first kappa shape index (κ1) is 13.8. The van der Waals surface area contributed by atoms with Gasteiger partial charge in [0.25, 0.3) is 0 Å². The Morgan fingerprint density at radius 1 is 0.952 bits per heavy atom. The number of carbonyl (C=O) groups is 1. The van der Waals surface area contributed by atoms with E-state index in [4.69, 9.17) is 4.74 Å². The van der Waals surface area contributed by atoms with Crippen molar-refractivity contribution in [2.45, 2.75) is 18.4 Å². The molecule has 0 radical (unpaired) electrons. The Labute approximate surface area is 119 Å². The average Bonchev–Trinajstić information content (AvgIpc) is 3.27. The van der Waals surface area contributed by atoms with Crippen molar-refractivity contribution in [1.29, 1.82) is 0 Å². The molecule has 2 atom stereocenters. The molecule has 2 unspecified atom stereocenters. The third-order valence-electron chi connectivity index (χ3n) is 3.37. The van der Waals surface area contributed by atoms with E-state index >= 15 is 0 Å². The van der Waals surface area contributed by atoms with Crippen LogP contribution in [0.5, 0.6) is 0 Å². The van der Waals surface area contributed by atoms with Gasteiger partial charge in [0, 0.05) is 5.56 Å². The van der Waals surface area contributed by atoms with Gasteiger partial charge in [0.1, 0.15) is 6.10 Å². The van der Waals surface area contributed by atoms with Crippen molar-refractivity contribution in [2.24, 2.45) is 0 Å². The Hall–Kier alpha value is -2.14. The molecule has 1 fully saturated rings. The number of benzene rings is 2. The molecule has 5 heteroatoms. The van der Waals surface area contributed by atoms with Gasteiger partial charge in [0.2, 0.25) is 0 Å². The van der Waals surface area contributed by atoms with Crippen molar-refractivity contribution >= 4 is 5.78 Å². The number of alkyl halides is 3. The first-order chi connectivity index (χ1) is 9.97. The van der Waals surface area contributed by atoms with E-state index in [-0.39, 0.29) is 17.5 Å². The Kier molecular flexibility index (Phi) is 3.29. The Morgan fingerprint density at radius 3 is 2.14 bits per heavy atom. The summed E-state index contributed by atoms with van der Waals surface area (Å²) in [5, 5.41) is 0. The van der Waals surface area contributed by atoms with Crippen LogP contribution in [-0.2, 0) is 10.9 Å². The van der Waals surface area contributed by atoms with Gasteiger partial charge in [0.15, 0.2) is 11.9 Å². The zero-order chi connectivity index (χ0) is 15.0. The summed E-state index contributed by atoms with van der Waals surface area (Å²) in [5.41, 5.74) is 0.351. The van der Waals surface area contributed by atoms with Gasteiger partial charge in [-0.1, -0.05) is 42.5 Å². The van der Waals surface area contributed by atoms with Gasteiger partial charge in [-0.05, 0) is 17.7 Å². The van der Waals surface area contributed by atoms with Crippen LogP contribution in [-0.4, -0.2) is 11.9 Å². The lowest BCUT2D eigenvalue weighted by molar-refractivity contribution is -0.137. The topological polar surface area (TPSA) is 29.6 Å². The number of ketones is 1. The summed E-state index contributed by atoms with van der Waals surface area (Å²) in [6, 6.07) is 13.4. The van der Waals surface area contributed by atoms with Crippen LogP contribution in [0, 0.1) is 0 Å². The molecule has 0 saturated carbocycles. The monoisotopic (exact) mass is 292 g/mol. The molecule has 1 aliphatic rings. The third-order valence-corrected chi connectivity index (χ3v) is 3.37. The van der Waals surface area contributed by atoms with E-state index in [2.05, 4.69) is 0 Å².